The minimum atomic E-state index is -0.439. The molecule has 1 fully saturated rings. The number of carbonyl (C=O) groups excluding carboxylic acids is 2. The van der Waals surface area contributed by atoms with Crippen LogP contribution in [0.4, 0.5) is 11.6 Å². The lowest BCUT2D eigenvalue weighted by Gasteiger charge is -2.18. The maximum absolute atomic E-state index is 12.9. The number of nitrogens with zero attached hydrogens (tertiary/aromatic N) is 4. The first kappa shape index (κ1) is 21.2. The van der Waals surface area contributed by atoms with Crippen molar-refractivity contribution in [1.29, 1.82) is 0 Å². The number of ketones is 1. The quantitative estimate of drug-likeness (QED) is 0.421. The topological polar surface area (TPSA) is 93.3 Å². The highest BCUT2D eigenvalue weighted by Crippen LogP contribution is 2.29. The number of anilines is 2. The summed E-state index contributed by atoms with van der Waals surface area (Å²) in [4.78, 5) is 26.9. The van der Waals surface area contributed by atoms with Gasteiger partial charge in [0, 0.05) is 18.7 Å². The summed E-state index contributed by atoms with van der Waals surface area (Å²) in [6.45, 7) is 5.69. The van der Waals surface area contributed by atoms with Crippen LogP contribution in [0.15, 0.2) is 52.2 Å². The molecule has 0 saturated carbocycles. The molecule has 1 atom stereocenters. The number of Topliss-reactive ketones (excluding diaryl/α,β-unsaturated/α-hetero) is 1. The van der Waals surface area contributed by atoms with Crippen LogP contribution >= 0.6 is 11.8 Å². The number of benzene rings is 1. The van der Waals surface area contributed by atoms with Gasteiger partial charge < -0.3 is 14.6 Å². The van der Waals surface area contributed by atoms with E-state index < -0.39 is 5.25 Å². The molecule has 3 heterocycles. The molecule has 1 N–H and O–H groups in total. The highest BCUT2D eigenvalue weighted by Gasteiger charge is 2.25. The Morgan fingerprint density at radius 3 is 2.65 bits per heavy atom. The summed E-state index contributed by atoms with van der Waals surface area (Å²) in [5.41, 5.74) is 1.01. The van der Waals surface area contributed by atoms with Crippen LogP contribution < -0.4 is 10.2 Å². The number of thioether (sulfide) groups is 1. The molecule has 9 heteroatoms. The molecule has 1 aromatic carbocycles. The van der Waals surface area contributed by atoms with E-state index in [0.717, 1.165) is 37.6 Å². The molecule has 1 aliphatic heterocycles. The van der Waals surface area contributed by atoms with Crippen molar-refractivity contribution in [2.45, 2.75) is 43.6 Å². The van der Waals surface area contributed by atoms with Gasteiger partial charge in [-0.05, 0) is 51.0 Å². The molecule has 0 aliphatic carbocycles. The smallest absolute Gasteiger partial charge is 0.237 e. The van der Waals surface area contributed by atoms with E-state index in [0.29, 0.717) is 23.0 Å². The molecule has 31 heavy (non-hydrogen) atoms. The zero-order valence-corrected chi connectivity index (χ0v) is 18.4. The summed E-state index contributed by atoms with van der Waals surface area (Å²) >= 11 is 1.34. The third-order valence-corrected chi connectivity index (χ3v) is 6.28. The van der Waals surface area contributed by atoms with E-state index in [1.807, 2.05) is 23.6 Å². The molecule has 3 aromatic rings. The number of hydrogen-bond donors (Lipinski definition) is 1. The first-order valence-corrected chi connectivity index (χ1v) is 11.2. The van der Waals surface area contributed by atoms with Crippen LogP contribution in [0.25, 0.3) is 0 Å². The number of carbonyl (C=O) groups is 2. The molecule has 162 valence electrons. The van der Waals surface area contributed by atoms with Crippen molar-refractivity contribution in [2.24, 2.45) is 0 Å². The van der Waals surface area contributed by atoms with Gasteiger partial charge in [-0.3, -0.25) is 14.2 Å². The Hall–Kier alpha value is -3.07. The van der Waals surface area contributed by atoms with Crippen LogP contribution in [0.5, 0.6) is 0 Å². The highest BCUT2D eigenvalue weighted by atomic mass is 32.2. The molecular weight excluding hydrogens is 414 g/mol. The van der Waals surface area contributed by atoms with Gasteiger partial charge in [0.05, 0.1) is 23.7 Å². The van der Waals surface area contributed by atoms with Gasteiger partial charge in [0.25, 0.3) is 0 Å². The van der Waals surface area contributed by atoms with Crippen LogP contribution in [0.1, 0.15) is 42.8 Å². The van der Waals surface area contributed by atoms with Crippen LogP contribution in [-0.4, -0.2) is 44.8 Å². The monoisotopic (exact) mass is 439 g/mol. The average molecular weight is 440 g/mol. The van der Waals surface area contributed by atoms with Gasteiger partial charge in [-0.25, -0.2) is 0 Å². The lowest BCUT2D eigenvalue weighted by atomic mass is 10.1. The van der Waals surface area contributed by atoms with E-state index in [9.17, 15) is 9.59 Å². The Kier molecular flexibility index (Phi) is 6.41. The van der Waals surface area contributed by atoms with Crippen molar-refractivity contribution >= 4 is 35.1 Å². The van der Waals surface area contributed by atoms with E-state index in [1.54, 1.807) is 30.5 Å². The van der Waals surface area contributed by atoms with Crippen molar-refractivity contribution in [3.63, 3.8) is 0 Å². The molecule has 1 aliphatic rings. The Morgan fingerprint density at radius 2 is 1.94 bits per heavy atom. The average Bonchev–Trinajstić information content (AvgIpc) is 3.51. The number of amides is 1. The highest BCUT2D eigenvalue weighted by molar-refractivity contribution is 8.00. The van der Waals surface area contributed by atoms with Crippen molar-refractivity contribution in [1.82, 2.24) is 14.8 Å². The predicted molar refractivity (Wildman–Crippen MR) is 120 cm³/mol. The van der Waals surface area contributed by atoms with Crippen molar-refractivity contribution in [3.8, 4) is 0 Å². The molecule has 0 radical (unpaired) electrons. The van der Waals surface area contributed by atoms with E-state index >= 15 is 0 Å². The fraction of sp³-hybridized carbons (Fsp3) is 0.364. The van der Waals surface area contributed by atoms with Crippen LogP contribution in [0.2, 0.25) is 0 Å². The minimum Gasteiger partial charge on any atom is -0.467 e. The summed E-state index contributed by atoms with van der Waals surface area (Å²) in [6, 6.07) is 10.8. The van der Waals surface area contributed by atoms with Crippen LogP contribution in [-0.2, 0) is 11.3 Å². The Morgan fingerprint density at radius 1 is 1.16 bits per heavy atom. The van der Waals surface area contributed by atoms with Gasteiger partial charge >= 0.3 is 0 Å². The summed E-state index contributed by atoms with van der Waals surface area (Å²) in [6.07, 6.45) is 3.90. The largest absolute Gasteiger partial charge is 0.467 e. The van der Waals surface area contributed by atoms with Crippen molar-refractivity contribution < 1.29 is 14.0 Å². The van der Waals surface area contributed by atoms with Gasteiger partial charge in [-0.1, -0.05) is 23.9 Å². The van der Waals surface area contributed by atoms with E-state index in [2.05, 4.69) is 20.4 Å². The second-order valence-corrected chi connectivity index (χ2v) is 8.80. The first-order chi connectivity index (χ1) is 15.0. The van der Waals surface area contributed by atoms with Gasteiger partial charge in [0.2, 0.25) is 11.9 Å². The third-order valence-electron chi connectivity index (χ3n) is 5.20. The maximum atomic E-state index is 12.9. The standard InChI is InChI=1S/C22H25N5O3S/c1-15(28)18-9-3-4-10-19(18)23-20(29)16(2)31-22-25-24-21(26-11-5-6-12-26)27(22)14-17-8-7-13-30-17/h3-4,7-10,13,16H,5-6,11-12,14H2,1-2H3,(H,23,29). The number of aromatic nitrogens is 3. The fourth-order valence-electron chi connectivity index (χ4n) is 3.56. The van der Waals surface area contributed by atoms with Crippen LogP contribution in [0, 0.1) is 0 Å². The van der Waals surface area contributed by atoms with Crippen molar-refractivity contribution in [2.75, 3.05) is 23.3 Å². The zero-order chi connectivity index (χ0) is 21.8. The summed E-state index contributed by atoms with van der Waals surface area (Å²) < 4.78 is 7.53. The maximum Gasteiger partial charge on any atom is 0.237 e. The zero-order valence-electron chi connectivity index (χ0n) is 17.6. The summed E-state index contributed by atoms with van der Waals surface area (Å²) in [5, 5.41) is 11.9. The molecular formula is C22H25N5O3S. The molecule has 1 unspecified atom stereocenters. The van der Waals surface area contributed by atoms with Gasteiger partial charge in [-0.15, -0.1) is 10.2 Å². The lowest BCUT2D eigenvalue weighted by molar-refractivity contribution is -0.115. The number of para-hydroxylation sites is 1. The molecule has 1 amide bonds. The molecule has 0 bridgehead atoms. The van der Waals surface area contributed by atoms with Gasteiger partial charge in [-0.2, -0.15) is 0 Å². The molecule has 0 spiro atoms. The minimum absolute atomic E-state index is 0.0929. The van der Waals surface area contributed by atoms with Crippen LogP contribution in [0.3, 0.4) is 0 Å². The Bertz CT molecular complexity index is 1060. The van der Waals surface area contributed by atoms with E-state index in [-0.39, 0.29) is 11.7 Å². The van der Waals surface area contributed by atoms with E-state index in [1.165, 1.54) is 18.7 Å². The second kappa shape index (κ2) is 9.38. The van der Waals surface area contributed by atoms with Crippen molar-refractivity contribution in [3.05, 3.63) is 54.0 Å². The number of hydrogen-bond acceptors (Lipinski definition) is 7. The summed E-state index contributed by atoms with van der Waals surface area (Å²) in [7, 11) is 0. The second-order valence-electron chi connectivity index (χ2n) is 7.49. The number of rotatable bonds is 8. The van der Waals surface area contributed by atoms with Gasteiger partial charge in [0.1, 0.15) is 5.76 Å². The SMILES string of the molecule is CC(=O)c1ccccc1NC(=O)C(C)Sc1nnc(N2CCCC2)n1Cc1ccco1. The lowest BCUT2D eigenvalue weighted by Crippen LogP contribution is -2.25. The first-order valence-electron chi connectivity index (χ1n) is 10.3. The molecule has 1 saturated heterocycles. The van der Waals surface area contributed by atoms with E-state index in [4.69, 9.17) is 4.42 Å². The number of furan rings is 1. The molecule has 4 rings (SSSR count). The fourth-order valence-corrected chi connectivity index (χ4v) is 4.40. The molecule has 8 nitrogen and oxygen atoms in total. The Balaban J connectivity index is 1.53. The molecule has 2 aromatic heterocycles. The number of nitrogens with one attached hydrogen (secondary N) is 1. The Labute approximate surface area is 185 Å². The summed E-state index contributed by atoms with van der Waals surface area (Å²) in [5.74, 6) is 1.30. The predicted octanol–water partition coefficient (Wildman–Crippen LogP) is 3.84. The van der Waals surface area contributed by atoms with Gasteiger partial charge in [0.15, 0.2) is 10.9 Å². The third kappa shape index (κ3) is 4.82. The normalized spacial score (nSPS) is 14.6.